The van der Waals surface area contributed by atoms with Gasteiger partial charge in [0, 0.05) is 25.3 Å². The summed E-state index contributed by atoms with van der Waals surface area (Å²) in [7, 11) is 0. The molecule has 0 bridgehead atoms. The van der Waals surface area contributed by atoms with E-state index in [1.165, 1.54) is 11.1 Å². The van der Waals surface area contributed by atoms with Gasteiger partial charge in [-0.25, -0.2) is 9.80 Å². The van der Waals surface area contributed by atoms with E-state index in [1.54, 1.807) is 24.4 Å². The summed E-state index contributed by atoms with van der Waals surface area (Å²) < 4.78 is 5.29. The van der Waals surface area contributed by atoms with Gasteiger partial charge in [0.2, 0.25) is 0 Å². The molecule has 1 aromatic rings. The number of carbonyl (C=O) groups excluding carboxylic acids is 2. The van der Waals surface area contributed by atoms with Gasteiger partial charge in [-0.3, -0.25) is 14.6 Å². The van der Waals surface area contributed by atoms with Gasteiger partial charge in [-0.2, -0.15) is 5.10 Å². The number of ether oxygens (including phenoxy) is 1. The Bertz CT molecular complexity index is 936. The third-order valence-electron chi connectivity index (χ3n) is 4.19. The first-order valence-electron chi connectivity index (χ1n) is 8.19. The van der Waals surface area contributed by atoms with Crippen molar-refractivity contribution < 1.29 is 24.2 Å². The summed E-state index contributed by atoms with van der Waals surface area (Å²) in [5.41, 5.74) is 1.23. The maximum Gasteiger partial charge on any atom is 0.354 e. The smallest absolute Gasteiger partial charge is 0.354 e. The molecule has 0 saturated heterocycles. The fourth-order valence-electron chi connectivity index (χ4n) is 2.93. The zero-order valence-corrected chi connectivity index (χ0v) is 14.0. The van der Waals surface area contributed by atoms with Gasteiger partial charge in [0.25, 0.3) is 11.8 Å². The van der Waals surface area contributed by atoms with Gasteiger partial charge >= 0.3 is 5.97 Å². The number of aliphatic carboxylic acids is 1. The molecule has 0 saturated carbocycles. The average Bonchev–Trinajstić information content (AvgIpc) is 3.13. The molecule has 0 fully saturated rings. The maximum absolute atomic E-state index is 12.4. The van der Waals surface area contributed by atoms with Crippen molar-refractivity contribution in [1.29, 1.82) is 0 Å². The van der Waals surface area contributed by atoms with Gasteiger partial charge < -0.3 is 20.5 Å². The number of hydrogen-bond acceptors (Lipinski definition) is 7. The first-order chi connectivity index (χ1) is 13.0. The third-order valence-corrected chi connectivity index (χ3v) is 4.19. The molecule has 0 aliphatic carbocycles. The van der Waals surface area contributed by atoms with Gasteiger partial charge in [-0.15, -0.1) is 0 Å². The Morgan fingerprint density at radius 3 is 3.07 bits per heavy atom. The standard InChI is InChI=1S/C17H15N5O5/c23-15-8-27-13-2-1-9(5-10(13)21-15)7-18-16(24)11-6-12(17(25)26)22-14(20-11)3-4-19-22/h1-2,4-6,14H,3,7-8H2,(H,18,24)(H,21,23)(H,25,26). The molecule has 1 aromatic carbocycles. The number of benzene rings is 1. The van der Waals surface area contributed by atoms with Crippen LogP contribution >= 0.6 is 0 Å². The molecule has 0 aromatic heterocycles. The third kappa shape index (κ3) is 3.24. The zero-order chi connectivity index (χ0) is 19.0. The molecular formula is C17H15N5O5. The van der Waals surface area contributed by atoms with Crippen LogP contribution < -0.4 is 15.4 Å². The highest BCUT2D eigenvalue weighted by atomic mass is 16.5. The second-order valence-corrected chi connectivity index (χ2v) is 6.06. The van der Waals surface area contributed by atoms with Crippen LogP contribution in [-0.2, 0) is 20.9 Å². The van der Waals surface area contributed by atoms with Crippen molar-refractivity contribution in [3.63, 3.8) is 0 Å². The fourth-order valence-corrected chi connectivity index (χ4v) is 2.93. The second kappa shape index (κ2) is 6.56. The molecule has 4 rings (SSSR count). The van der Waals surface area contributed by atoms with Crippen molar-refractivity contribution in [2.45, 2.75) is 19.1 Å². The topological polar surface area (TPSA) is 133 Å². The lowest BCUT2D eigenvalue weighted by Gasteiger charge is -2.25. The van der Waals surface area contributed by atoms with E-state index >= 15 is 0 Å². The molecule has 3 aliphatic heterocycles. The van der Waals surface area contributed by atoms with E-state index in [4.69, 9.17) is 4.74 Å². The number of carboxylic acids is 1. The molecule has 27 heavy (non-hydrogen) atoms. The highest BCUT2D eigenvalue weighted by molar-refractivity contribution is 6.44. The molecule has 10 nitrogen and oxygen atoms in total. The van der Waals surface area contributed by atoms with E-state index in [-0.39, 0.29) is 30.5 Å². The predicted octanol–water partition coefficient (Wildman–Crippen LogP) is 0.0744. The van der Waals surface area contributed by atoms with Crippen LogP contribution in [0.4, 0.5) is 5.69 Å². The van der Waals surface area contributed by atoms with Crippen molar-refractivity contribution in [3.05, 3.63) is 35.5 Å². The summed E-state index contributed by atoms with van der Waals surface area (Å²) in [6.07, 6.45) is 2.69. The number of carbonyl (C=O) groups is 3. The van der Waals surface area contributed by atoms with Gasteiger partial charge in [-0.1, -0.05) is 6.07 Å². The van der Waals surface area contributed by atoms with E-state index in [0.29, 0.717) is 17.9 Å². The summed E-state index contributed by atoms with van der Waals surface area (Å²) in [6.45, 7) is 0.158. The number of anilines is 1. The van der Waals surface area contributed by atoms with E-state index in [9.17, 15) is 19.5 Å². The number of carboxylic acid groups (broad SMARTS) is 1. The van der Waals surface area contributed by atoms with Crippen LogP contribution in [0.2, 0.25) is 0 Å². The summed E-state index contributed by atoms with van der Waals surface area (Å²) >= 11 is 0. The lowest BCUT2D eigenvalue weighted by molar-refractivity contribution is -0.134. The zero-order valence-electron chi connectivity index (χ0n) is 14.0. The summed E-state index contributed by atoms with van der Waals surface area (Å²) in [6, 6.07) is 5.19. The normalized spacial score (nSPS) is 19.9. The first kappa shape index (κ1) is 16.8. The van der Waals surface area contributed by atoms with Crippen LogP contribution in [0.25, 0.3) is 0 Å². The summed E-state index contributed by atoms with van der Waals surface area (Å²) in [5.74, 6) is -1.34. The SMILES string of the molecule is O=C1COc2ccc(CNC(=O)C3=NC4CC=NN4C(C(=O)O)=C3)cc2N1. The molecule has 3 N–H and O–H groups in total. The minimum absolute atomic E-state index is 0.0248. The highest BCUT2D eigenvalue weighted by Crippen LogP contribution is 2.28. The minimum atomic E-state index is -1.18. The molecule has 3 heterocycles. The Hall–Kier alpha value is -3.69. The fraction of sp³-hybridized carbons (Fsp3) is 0.235. The summed E-state index contributed by atoms with van der Waals surface area (Å²) in [5, 5.41) is 20.0. The molecule has 10 heteroatoms. The van der Waals surface area contributed by atoms with Crippen LogP contribution in [0.5, 0.6) is 5.75 Å². The molecule has 138 valence electrons. The van der Waals surface area contributed by atoms with Crippen molar-refractivity contribution in [3.8, 4) is 5.75 Å². The van der Waals surface area contributed by atoms with Crippen LogP contribution in [0.15, 0.2) is 40.1 Å². The monoisotopic (exact) mass is 369 g/mol. The molecule has 2 amide bonds. The van der Waals surface area contributed by atoms with Crippen LogP contribution in [0, 0.1) is 0 Å². The van der Waals surface area contributed by atoms with Crippen molar-refractivity contribution >= 4 is 35.4 Å². The van der Waals surface area contributed by atoms with E-state index < -0.39 is 18.0 Å². The largest absolute Gasteiger partial charge is 0.482 e. The first-order valence-corrected chi connectivity index (χ1v) is 8.19. The number of hydrazone groups is 1. The average molecular weight is 369 g/mol. The highest BCUT2D eigenvalue weighted by Gasteiger charge is 2.33. The summed E-state index contributed by atoms with van der Waals surface area (Å²) in [4.78, 5) is 39.5. The van der Waals surface area contributed by atoms with Gasteiger partial charge in [0.15, 0.2) is 6.61 Å². The minimum Gasteiger partial charge on any atom is -0.482 e. The van der Waals surface area contributed by atoms with Gasteiger partial charge in [-0.05, 0) is 17.7 Å². The molecule has 0 spiro atoms. The number of amides is 2. The van der Waals surface area contributed by atoms with Gasteiger partial charge in [0.05, 0.1) is 5.69 Å². The van der Waals surface area contributed by atoms with Crippen molar-refractivity contribution in [1.82, 2.24) is 10.3 Å². The number of aliphatic imine (C=N–C) groups is 1. The van der Waals surface area contributed by atoms with Crippen LogP contribution in [0.3, 0.4) is 0 Å². The predicted molar refractivity (Wildman–Crippen MR) is 94.3 cm³/mol. The number of nitrogens with zero attached hydrogens (tertiary/aromatic N) is 3. The van der Waals surface area contributed by atoms with Crippen LogP contribution in [0.1, 0.15) is 12.0 Å². The number of hydrogen-bond donors (Lipinski definition) is 3. The van der Waals surface area contributed by atoms with E-state index in [2.05, 4.69) is 20.7 Å². The van der Waals surface area contributed by atoms with E-state index in [1.807, 2.05) is 0 Å². The van der Waals surface area contributed by atoms with Crippen LogP contribution in [-0.4, -0.2) is 52.6 Å². The molecule has 3 aliphatic rings. The Morgan fingerprint density at radius 2 is 2.26 bits per heavy atom. The molecule has 0 radical (unpaired) electrons. The lowest BCUT2D eigenvalue weighted by atomic mass is 10.1. The molecule has 1 unspecified atom stereocenters. The molecule has 1 atom stereocenters. The van der Waals surface area contributed by atoms with Gasteiger partial charge in [0.1, 0.15) is 23.3 Å². The lowest BCUT2D eigenvalue weighted by Crippen LogP contribution is -2.38. The Morgan fingerprint density at radius 1 is 1.41 bits per heavy atom. The quantitative estimate of drug-likeness (QED) is 0.688. The van der Waals surface area contributed by atoms with E-state index in [0.717, 1.165) is 5.56 Å². The van der Waals surface area contributed by atoms with Crippen molar-refractivity contribution in [2.75, 3.05) is 11.9 Å². The number of rotatable bonds is 4. The Kier molecular flexibility index (Phi) is 4.07. The molecular weight excluding hydrogens is 354 g/mol. The second-order valence-electron chi connectivity index (χ2n) is 6.06. The van der Waals surface area contributed by atoms with Crippen molar-refractivity contribution in [2.24, 2.45) is 10.1 Å². The Balaban J connectivity index is 1.46. The number of nitrogens with one attached hydrogen (secondary N) is 2. The number of fused-ring (bicyclic) bond motifs is 2. The Labute approximate surface area is 153 Å². The maximum atomic E-state index is 12.4.